The third-order valence-corrected chi connectivity index (χ3v) is 7.06. The minimum Gasteiger partial charge on any atom is -0.339 e. The maximum absolute atomic E-state index is 12.8. The molecule has 2 heterocycles. The maximum Gasteiger partial charge on any atom is 0.247 e. The van der Waals surface area contributed by atoms with Crippen molar-refractivity contribution >= 4 is 24.0 Å². The average Bonchev–Trinajstić information content (AvgIpc) is 3.00. The topological polar surface area (TPSA) is 35.6 Å². The molecule has 1 amide bonds. The zero-order valence-electron chi connectivity index (χ0n) is 16.5. The number of hydrogen-bond donors (Lipinski definition) is 1. The molecule has 150 valence electrons. The van der Waals surface area contributed by atoms with Crippen molar-refractivity contribution in [1.82, 2.24) is 10.2 Å². The predicted molar refractivity (Wildman–Crippen MR) is 113 cm³/mol. The molecule has 1 N–H and O–H groups in total. The Hall–Kier alpha value is -1.26. The fourth-order valence-electron chi connectivity index (χ4n) is 5.50. The number of carbonyl (C=O) groups is 1. The number of rotatable bonds is 4. The van der Waals surface area contributed by atoms with Crippen LogP contribution in [-0.4, -0.2) is 42.1 Å². The second kappa shape index (κ2) is 8.83. The van der Waals surface area contributed by atoms with Crippen molar-refractivity contribution in [1.29, 1.82) is 0 Å². The van der Waals surface area contributed by atoms with Gasteiger partial charge in [-0.3, -0.25) is 4.79 Å². The monoisotopic (exact) mass is 391 g/mol. The fraction of sp³-hybridized carbons (Fsp3) is 0.682. The van der Waals surface area contributed by atoms with Crippen LogP contribution < -0.4 is 10.2 Å². The zero-order valence-corrected chi connectivity index (χ0v) is 17.3. The van der Waals surface area contributed by atoms with Crippen molar-refractivity contribution in [3.63, 3.8) is 0 Å². The largest absolute Gasteiger partial charge is 0.339 e. The molecular weight excluding hydrogens is 358 g/mol. The lowest BCUT2D eigenvalue weighted by atomic mass is 9.80. The van der Waals surface area contributed by atoms with Crippen molar-refractivity contribution in [2.24, 2.45) is 5.92 Å². The Kier molecular flexibility index (Phi) is 6.69. The third kappa shape index (κ3) is 3.97. The summed E-state index contributed by atoms with van der Waals surface area (Å²) in [6.45, 7) is 5.06. The van der Waals surface area contributed by atoms with E-state index in [0.717, 1.165) is 37.9 Å². The predicted octanol–water partition coefficient (Wildman–Crippen LogP) is 4.20. The number of halogens is 1. The van der Waals surface area contributed by atoms with Crippen LogP contribution in [0.25, 0.3) is 0 Å². The normalized spacial score (nSPS) is 28.0. The number of amides is 1. The average molecular weight is 392 g/mol. The number of hydrogen-bond acceptors (Lipinski definition) is 3. The van der Waals surface area contributed by atoms with Gasteiger partial charge in [0.25, 0.3) is 0 Å². The van der Waals surface area contributed by atoms with Crippen molar-refractivity contribution < 1.29 is 4.79 Å². The summed E-state index contributed by atoms with van der Waals surface area (Å²) in [6.07, 6.45) is 10.1. The first-order chi connectivity index (χ1) is 12.7. The first kappa shape index (κ1) is 20.5. The Morgan fingerprint density at radius 2 is 1.74 bits per heavy atom. The van der Waals surface area contributed by atoms with Crippen LogP contribution in [0.15, 0.2) is 30.3 Å². The van der Waals surface area contributed by atoms with Crippen LogP contribution in [0.1, 0.15) is 58.3 Å². The number of benzene rings is 1. The molecule has 2 aliphatic heterocycles. The van der Waals surface area contributed by atoms with Crippen molar-refractivity contribution in [2.45, 2.75) is 69.9 Å². The standard InChI is InChI=1S/C22H33N3O.ClH/c1-2-6-18-9-11-19(12-10-18)24-15-13-22(14-16-24)21(26)23-17-25(22)20-7-4-3-5-8-20;/h3-5,7-8,18-19H,2,6,9-17H2,1H3,(H,23,26);1H/t18-,19+;. The minimum atomic E-state index is -0.336. The summed E-state index contributed by atoms with van der Waals surface area (Å²) in [6, 6.07) is 11.2. The van der Waals surface area contributed by atoms with E-state index >= 15 is 0 Å². The van der Waals surface area contributed by atoms with Crippen LogP contribution in [-0.2, 0) is 4.79 Å². The Balaban J connectivity index is 0.00000210. The molecule has 1 aliphatic carbocycles. The van der Waals surface area contributed by atoms with Crippen LogP contribution in [0.5, 0.6) is 0 Å². The second-order valence-corrected chi connectivity index (χ2v) is 8.46. The minimum absolute atomic E-state index is 0. The molecule has 0 bridgehead atoms. The van der Waals surface area contributed by atoms with Gasteiger partial charge in [0, 0.05) is 24.8 Å². The molecule has 3 fully saturated rings. The van der Waals surface area contributed by atoms with Gasteiger partial charge < -0.3 is 15.1 Å². The van der Waals surface area contributed by atoms with Gasteiger partial charge in [0.05, 0.1) is 6.67 Å². The molecule has 3 aliphatic rings. The lowest BCUT2D eigenvalue weighted by molar-refractivity contribution is -0.125. The van der Waals surface area contributed by atoms with E-state index in [9.17, 15) is 4.79 Å². The molecule has 0 radical (unpaired) electrons. The van der Waals surface area contributed by atoms with Gasteiger partial charge in [-0.05, 0) is 56.6 Å². The van der Waals surface area contributed by atoms with Gasteiger partial charge in [-0.1, -0.05) is 38.0 Å². The quantitative estimate of drug-likeness (QED) is 0.835. The van der Waals surface area contributed by atoms with Gasteiger partial charge in [0.1, 0.15) is 5.54 Å². The van der Waals surface area contributed by atoms with Gasteiger partial charge in [-0.15, -0.1) is 12.4 Å². The highest BCUT2D eigenvalue weighted by atomic mass is 35.5. The maximum atomic E-state index is 12.8. The van der Waals surface area contributed by atoms with Crippen LogP contribution in [0.4, 0.5) is 5.69 Å². The van der Waals surface area contributed by atoms with Crippen LogP contribution in [0.3, 0.4) is 0 Å². The van der Waals surface area contributed by atoms with E-state index in [2.05, 4.69) is 46.3 Å². The number of para-hydroxylation sites is 1. The molecule has 2 saturated heterocycles. The molecule has 4 nitrogen and oxygen atoms in total. The van der Waals surface area contributed by atoms with E-state index in [-0.39, 0.29) is 23.9 Å². The molecule has 1 saturated carbocycles. The van der Waals surface area contributed by atoms with Gasteiger partial charge in [-0.2, -0.15) is 0 Å². The highest BCUT2D eigenvalue weighted by molar-refractivity contribution is 5.93. The summed E-state index contributed by atoms with van der Waals surface area (Å²) in [5, 5.41) is 3.11. The van der Waals surface area contributed by atoms with E-state index in [0.29, 0.717) is 6.67 Å². The Bertz CT molecular complexity index is 607. The summed E-state index contributed by atoms with van der Waals surface area (Å²) >= 11 is 0. The molecule has 0 aromatic heterocycles. The molecule has 5 heteroatoms. The number of nitrogens with one attached hydrogen (secondary N) is 1. The molecule has 1 aromatic rings. The van der Waals surface area contributed by atoms with E-state index < -0.39 is 0 Å². The number of carbonyl (C=O) groups excluding carboxylic acids is 1. The Labute approximate surface area is 170 Å². The fourth-order valence-corrected chi connectivity index (χ4v) is 5.50. The van der Waals surface area contributed by atoms with Crippen LogP contribution in [0, 0.1) is 5.92 Å². The summed E-state index contributed by atoms with van der Waals surface area (Å²) in [5.41, 5.74) is 0.830. The lowest BCUT2D eigenvalue weighted by Crippen LogP contribution is -2.58. The second-order valence-electron chi connectivity index (χ2n) is 8.46. The molecule has 1 spiro atoms. The van der Waals surface area contributed by atoms with Gasteiger partial charge in [0.15, 0.2) is 0 Å². The van der Waals surface area contributed by atoms with Crippen molar-refractivity contribution in [3.05, 3.63) is 30.3 Å². The van der Waals surface area contributed by atoms with E-state index in [1.54, 1.807) is 0 Å². The number of nitrogens with zero attached hydrogens (tertiary/aromatic N) is 2. The van der Waals surface area contributed by atoms with E-state index in [1.807, 2.05) is 6.07 Å². The van der Waals surface area contributed by atoms with E-state index in [1.165, 1.54) is 44.2 Å². The summed E-state index contributed by atoms with van der Waals surface area (Å²) in [7, 11) is 0. The highest BCUT2D eigenvalue weighted by Crippen LogP contribution is 2.38. The highest BCUT2D eigenvalue weighted by Gasteiger charge is 2.50. The van der Waals surface area contributed by atoms with Gasteiger partial charge in [0.2, 0.25) is 5.91 Å². The Morgan fingerprint density at radius 3 is 2.37 bits per heavy atom. The first-order valence-corrected chi connectivity index (χ1v) is 10.6. The van der Waals surface area contributed by atoms with E-state index in [4.69, 9.17) is 0 Å². The molecule has 27 heavy (non-hydrogen) atoms. The van der Waals surface area contributed by atoms with Crippen LogP contribution in [0.2, 0.25) is 0 Å². The van der Waals surface area contributed by atoms with Crippen molar-refractivity contribution in [2.75, 3.05) is 24.7 Å². The Morgan fingerprint density at radius 1 is 1.07 bits per heavy atom. The summed E-state index contributed by atoms with van der Waals surface area (Å²) in [4.78, 5) is 17.8. The van der Waals surface area contributed by atoms with Gasteiger partial charge in [-0.25, -0.2) is 0 Å². The lowest BCUT2D eigenvalue weighted by Gasteiger charge is -2.46. The molecule has 0 unspecified atom stereocenters. The number of likely N-dealkylation sites (tertiary alicyclic amines) is 1. The number of piperidine rings is 1. The van der Waals surface area contributed by atoms with Crippen LogP contribution >= 0.6 is 12.4 Å². The zero-order chi connectivity index (χ0) is 18.0. The summed E-state index contributed by atoms with van der Waals surface area (Å²) < 4.78 is 0. The third-order valence-electron chi connectivity index (χ3n) is 7.06. The molecule has 0 atom stereocenters. The smallest absolute Gasteiger partial charge is 0.247 e. The van der Waals surface area contributed by atoms with Gasteiger partial charge >= 0.3 is 0 Å². The molecule has 4 rings (SSSR count). The first-order valence-electron chi connectivity index (χ1n) is 10.6. The number of anilines is 1. The van der Waals surface area contributed by atoms with Crippen molar-refractivity contribution in [3.8, 4) is 0 Å². The summed E-state index contributed by atoms with van der Waals surface area (Å²) in [5.74, 6) is 1.19. The molecular formula is C22H34ClN3O. The SMILES string of the molecule is CCC[C@H]1CC[C@@H](N2CCC3(CC2)C(=O)NCN3c2ccccc2)CC1.Cl. The molecule has 1 aromatic carbocycles.